The fraction of sp³-hybridized carbons (Fsp3) is 0.500. The summed E-state index contributed by atoms with van der Waals surface area (Å²) in [4.78, 5) is 12.9. The van der Waals surface area contributed by atoms with Gasteiger partial charge in [-0.3, -0.25) is 4.79 Å². The molecule has 1 rings (SSSR count). The Hall–Kier alpha value is -1.42. The van der Waals surface area contributed by atoms with E-state index in [2.05, 4.69) is 4.90 Å². The van der Waals surface area contributed by atoms with Crippen molar-refractivity contribution in [1.82, 2.24) is 4.90 Å². The van der Waals surface area contributed by atoms with Gasteiger partial charge in [0.1, 0.15) is 17.3 Å². The molecule has 18 heavy (non-hydrogen) atoms. The minimum atomic E-state index is -0.253. The van der Waals surface area contributed by atoms with Crippen LogP contribution in [-0.2, 0) is 11.2 Å². The van der Waals surface area contributed by atoms with E-state index in [9.17, 15) is 9.18 Å². The van der Waals surface area contributed by atoms with Crippen molar-refractivity contribution in [3.63, 3.8) is 0 Å². The molecule has 0 N–H and O–H groups in total. The predicted octanol–water partition coefficient (Wildman–Crippen LogP) is 2.29. The first-order valence-electron chi connectivity index (χ1n) is 6.03. The molecule has 0 unspecified atom stereocenters. The van der Waals surface area contributed by atoms with Crippen LogP contribution in [0.4, 0.5) is 4.39 Å². The summed E-state index contributed by atoms with van der Waals surface area (Å²) in [6.07, 6.45) is 1.26. The van der Waals surface area contributed by atoms with Crippen LogP contribution in [0.25, 0.3) is 0 Å². The molecule has 0 heterocycles. The maximum Gasteiger partial charge on any atom is 0.131 e. The molecule has 0 spiro atoms. The molecule has 3 nitrogen and oxygen atoms in total. The number of rotatable bonds is 7. The number of ether oxygens (including phenoxy) is 1. The Morgan fingerprint density at radius 2 is 2.11 bits per heavy atom. The molecule has 0 aliphatic rings. The highest BCUT2D eigenvalue weighted by Gasteiger charge is 2.07. The zero-order valence-corrected chi connectivity index (χ0v) is 11.2. The van der Waals surface area contributed by atoms with Crippen molar-refractivity contribution in [2.24, 2.45) is 0 Å². The van der Waals surface area contributed by atoms with Gasteiger partial charge in [0.05, 0.1) is 7.11 Å². The Morgan fingerprint density at radius 1 is 1.39 bits per heavy atom. The van der Waals surface area contributed by atoms with Crippen molar-refractivity contribution in [1.29, 1.82) is 0 Å². The van der Waals surface area contributed by atoms with E-state index in [-0.39, 0.29) is 11.6 Å². The highest BCUT2D eigenvalue weighted by molar-refractivity contribution is 5.75. The number of methoxy groups -OCH3 is 1. The second kappa shape index (κ2) is 7.11. The largest absolute Gasteiger partial charge is 0.496 e. The van der Waals surface area contributed by atoms with Gasteiger partial charge in [-0.25, -0.2) is 4.39 Å². The first-order chi connectivity index (χ1) is 8.52. The topological polar surface area (TPSA) is 29.5 Å². The van der Waals surface area contributed by atoms with E-state index < -0.39 is 0 Å². The molecule has 100 valence electrons. The van der Waals surface area contributed by atoms with Crippen molar-refractivity contribution in [2.45, 2.75) is 19.8 Å². The van der Waals surface area contributed by atoms with Crippen molar-refractivity contribution in [3.05, 3.63) is 29.6 Å². The molecule has 0 amide bonds. The fourth-order valence-electron chi connectivity index (χ4n) is 1.71. The number of likely N-dealkylation sites (N-methyl/N-ethyl adjacent to an activating group) is 1. The number of benzene rings is 1. The number of ketones is 1. The van der Waals surface area contributed by atoms with Crippen LogP contribution >= 0.6 is 0 Å². The van der Waals surface area contributed by atoms with Gasteiger partial charge in [0.15, 0.2) is 0 Å². The number of hydrogen-bond acceptors (Lipinski definition) is 3. The lowest BCUT2D eigenvalue weighted by Crippen LogP contribution is -2.24. The molecule has 0 aromatic heterocycles. The highest BCUT2D eigenvalue weighted by atomic mass is 19.1. The summed E-state index contributed by atoms with van der Waals surface area (Å²) in [5.41, 5.74) is 0.854. The van der Waals surface area contributed by atoms with Crippen LogP contribution in [0, 0.1) is 5.82 Å². The minimum absolute atomic E-state index is 0.185. The third-order valence-corrected chi connectivity index (χ3v) is 2.85. The molecule has 0 fully saturated rings. The molecule has 1 aromatic rings. The Bertz CT molecular complexity index is 407. The Morgan fingerprint density at radius 3 is 2.72 bits per heavy atom. The van der Waals surface area contributed by atoms with Gasteiger partial charge < -0.3 is 9.64 Å². The monoisotopic (exact) mass is 253 g/mol. The number of Topliss-reactive ketones (excluding diaryl/α,β-unsaturated/α-hetero) is 1. The summed E-state index contributed by atoms with van der Waals surface area (Å²) in [5, 5.41) is 0. The number of hydrogen-bond donors (Lipinski definition) is 0. The lowest BCUT2D eigenvalue weighted by atomic mass is 10.1. The molecular formula is C14H20FNO2. The van der Waals surface area contributed by atoms with Crippen LogP contribution in [0.3, 0.4) is 0 Å². The quantitative estimate of drug-likeness (QED) is 0.746. The maximum absolute atomic E-state index is 13.1. The molecule has 0 bridgehead atoms. The average molecular weight is 253 g/mol. The molecule has 0 atom stereocenters. The van der Waals surface area contributed by atoms with Gasteiger partial charge in [-0.05, 0) is 44.2 Å². The van der Waals surface area contributed by atoms with E-state index >= 15 is 0 Å². The molecule has 0 saturated carbocycles. The maximum atomic E-state index is 13.1. The van der Waals surface area contributed by atoms with Crippen LogP contribution in [0.2, 0.25) is 0 Å². The Kier molecular flexibility index (Phi) is 5.78. The van der Waals surface area contributed by atoms with Crippen molar-refractivity contribution in [3.8, 4) is 5.75 Å². The summed E-state index contributed by atoms with van der Waals surface area (Å²) in [6, 6.07) is 4.53. The molecular weight excluding hydrogens is 233 g/mol. The summed E-state index contributed by atoms with van der Waals surface area (Å²) < 4.78 is 18.3. The van der Waals surface area contributed by atoms with Crippen LogP contribution in [0.1, 0.15) is 18.9 Å². The number of nitrogens with zero attached hydrogens (tertiary/aromatic N) is 1. The first-order valence-corrected chi connectivity index (χ1v) is 6.03. The second-order valence-corrected chi connectivity index (χ2v) is 4.46. The van der Waals surface area contributed by atoms with Gasteiger partial charge >= 0.3 is 0 Å². The van der Waals surface area contributed by atoms with Crippen LogP contribution < -0.4 is 4.74 Å². The third-order valence-electron chi connectivity index (χ3n) is 2.85. The number of carbonyl (C=O) groups excluding carboxylic acids is 1. The molecule has 4 heteroatoms. The van der Waals surface area contributed by atoms with Gasteiger partial charge in [-0.15, -0.1) is 0 Å². The summed E-state index contributed by atoms with van der Waals surface area (Å²) in [5.74, 6) is 0.638. The standard InChI is InChI=1S/C14H20FNO2/c1-11(17)6-8-16(2)9-7-12-10-13(15)4-5-14(12)18-3/h4-5,10H,6-9H2,1-3H3. The average Bonchev–Trinajstić information content (AvgIpc) is 2.34. The van der Waals surface area contributed by atoms with Crippen molar-refractivity contribution < 1.29 is 13.9 Å². The van der Waals surface area contributed by atoms with E-state index in [0.29, 0.717) is 18.6 Å². The number of carbonyl (C=O) groups is 1. The van der Waals surface area contributed by atoms with Crippen molar-refractivity contribution in [2.75, 3.05) is 27.2 Å². The van der Waals surface area contributed by atoms with Gasteiger partial charge in [-0.1, -0.05) is 0 Å². The van der Waals surface area contributed by atoms with Gasteiger partial charge in [0, 0.05) is 19.5 Å². The normalized spacial score (nSPS) is 10.7. The molecule has 0 aliphatic carbocycles. The van der Waals surface area contributed by atoms with Crippen LogP contribution in [-0.4, -0.2) is 37.9 Å². The third kappa shape index (κ3) is 4.84. The van der Waals surface area contributed by atoms with E-state index in [1.54, 1.807) is 20.1 Å². The Balaban J connectivity index is 2.52. The van der Waals surface area contributed by atoms with Gasteiger partial charge in [0.2, 0.25) is 0 Å². The molecule has 0 saturated heterocycles. The Labute approximate surface area is 108 Å². The minimum Gasteiger partial charge on any atom is -0.496 e. The molecule has 0 aliphatic heterocycles. The highest BCUT2D eigenvalue weighted by Crippen LogP contribution is 2.19. The summed E-state index contributed by atoms with van der Waals surface area (Å²) in [7, 11) is 3.53. The fourth-order valence-corrected chi connectivity index (χ4v) is 1.71. The zero-order valence-electron chi connectivity index (χ0n) is 11.2. The van der Waals surface area contributed by atoms with E-state index in [0.717, 1.165) is 18.7 Å². The van der Waals surface area contributed by atoms with E-state index in [1.807, 2.05) is 7.05 Å². The summed E-state index contributed by atoms with van der Waals surface area (Å²) >= 11 is 0. The number of halogens is 1. The van der Waals surface area contributed by atoms with Gasteiger partial charge in [0.25, 0.3) is 0 Å². The van der Waals surface area contributed by atoms with E-state index in [1.165, 1.54) is 12.1 Å². The predicted molar refractivity (Wildman–Crippen MR) is 69.5 cm³/mol. The first kappa shape index (κ1) is 14.6. The van der Waals surface area contributed by atoms with Crippen LogP contribution in [0.5, 0.6) is 5.75 Å². The SMILES string of the molecule is COc1ccc(F)cc1CCN(C)CCC(C)=O. The van der Waals surface area contributed by atoms with Crippen LogP contribution in [0.15, 0.2) is 18.2 Å². The lowest BCUT2D eigenvalue weighted by molar-refractivity contribution is -0.117. The van der Waals surface area contributed by atoms with E-state index in [4.69, 9.17) is 4.74 Å². The summed E-state index contributed by atoms with van der Waals surface area (Å²) in [6.45, 7) is 3.09. The lowest BCUT2D eigenvalue weighted by Gasteiger charge is -2.16. The molecule has 0 radical (unpaired) electrons. The zero-order chi connectivity index (χ0) is 13.5. The van der Waals surface area contributed by atoms with Gasteiger partial charge in [-0.2, -0.15) is 0 Å². The molecule has 1 aromatic carbocycles. The second-order valence-electron chi connectivity index (χ2n) is 4.46. The smallest absolute Gasteiger partial charge is 0.131 e. The van der Waals surface area contributed by atoms with Crippen molar-refractivity contribution >= 4 is 5.78 Å².